The molecule has 6 nitrogen and oxygen atoms in total. The second kappa shape index (κ2) is 5.66. The topological polar surface area (TPSA) is 68.9 Å². The molecule has 0 aromatic carbocycles. The first-order valence-electron chi connectivity index (χ1n) is 6.25. The summed E-state index contributed by atoms with van der Waals surface area (Å²) in [4.78, 5) is 23.4. The molecule has 0 atom stereocenters. The Balaban J connectivity index is 2.18. The SMILES string of the molecule is Cc1cc(NC(=O)Cn2cc(C(F)(F)F)ccc2=O)n(C)n1. The van der Waals surface area contributed by atoms with Crippen LogP contribution in [-0.2, 0) is 24.6 Å². The van der Waals surface area contributed by atoms with Crippen LogP contribution in [0.2, 0.25) is 0 Å². The molecule has 0 bridgehead atoms. The molecular weight excluding hydrogens is 301 g/mol. The first kappa shape index (κ1) is 15.8. The van der Waals surface area contributed by atoms with Gasteiger partial charge in [0.1, 0.15) is 12.4 Å². The minimum Gasteiger partial charge on any atom is -0.309 e. The summed E-state index contributed by atoms with van der Waals surface area (Å²) in [6.45, 7) is 1.21. The Morgan fingerprint density at radius 3 is 2.59 bits per heavy atom. The van der Waals surface area contributed by atoms with Gasteiger partial charge in [-0.1, -0.05) is 0 Å². The normalized spacial score (nSPS) is 11.5. The lowest BCUT2D eigenvalue weighted by molar-refractivity contribution is -0.138. The van der Waals surface area contributed by atoms with Crippen molar-refractivity contribution in [2.45, 2.75) is 19.6 Å². The molecule has 0 aliphatic heterocycles. The van der Waals surface area contributed by atoms with Crippen LogP contribution in [0.5, 0.6) is 0 Å². The number of alkyl halides is 3. The zero-order valence-electron chi connectivity index (χ0n) is 11.8. The lowest BCUT2D eigenvalue weighted by Crippen LogP contribution is -2.28. The number of carbonyl (C=O) groups excluding carboxylic acids is 1. The Kier molecular flexibility index (Phi) is 4.07. The Hall–Kier alpha value is -2.58. The number of aryl methyl sites for hydroxylation is 2. The van der Waals surface area contributed by atoms with Crippen LogP contribution in [0.4, 0.5) is 19.0 Å². The van der Waals surface area contributed by atoms with E-state index in [0.717, 1.165) is 6.07 Å². The predicted molar refractivity (Wildman–Crippen MR) is 72.3 cm³/mol. The number of anilines is 1. The summed E-state index contributed by atoms with van der Waals surface area (Å²) in [7, 11) is 1.61. The molecule has 0 unspecified atom stereocenters. The van der Waals surface area contributed by atoms with Crippen LogP contribution in [0.25, 0.3) is 0 Å². The van der Waals surface area contributed by atoms with Crippen molar-refractivity contribution in [3.63, 3.8) is 0 Å². The van der Waals surface area contributed by atoms with Crippen LogP contribution in [-0.4, -0.2) is 20.3 Å². The van der Waals surface area contributed by atoms with Gasteiger partial charge in [0.25, 0.3) is 5.56 Å². The predicted octanol–water partition coefficient (Wildman–Crippen LogP) is 1.55. The molecule has 2 rings (SSSR count). The fourth-order valence-corrected chi connectivity index (χ4v) is 1.89. The maximum Gasteiger partial charge on any atom is 0.417 e. The second-order valence-electron chi connectivity index (χ2n) is 4.72. The van der Waals surface area contributed by atoms with Crippen LogP contribution in [0.3, 0.4) is 0 Å². The van der Waals surface area contributed by atoms with Crippen molar-refractivity contribution in [3.8, 4) is 0 Å². The molecule has 2 heterocycles. The third-order valence-electron chi connectivity index (χ3n) is 2.89. The van der Waals surface area contributed by atoms with Gasteiger partial charge in [-0.25, -0.2) is 0 Å². The number of nitrogens with zero attached hydrogens (tertiary/aromatic N) is 3. The highest BCUT2D eigenvalue weighted by Crippen LogP contribution is 2.27. The molecule has 0 aliphatic carbocycles. The maximum absolute atomic E-state index is 12.6. The van der Waals surface area contributed by atoms with Gasteiger partial charge in [0, 0.05) is 25.4 Å². The van der Waals surface area contributed by atoms with Crippen molar-refractivity contribution in [1.82, 2.24) is 14.3 Å². The highest BCUT2D eigenvalue weighted by Gasteiger charge is 2.31. The largest absolute Gasteiger partial charge is 0.417 e. The van der Waals surface area contributed by atoms with E-state index in [2.05, 4.69) is 10.4 Å². The van der Waals surface area contributed by atoms with Crippen LogP contribution in [0.15, 0.2) is 29.2 Å². The molecular formula is C13H13F3N4O2. The van der Waals surface area contributed by atoms with E-state index in [0.29, 0.717) is 28.3 Å². The van der Waals surface area contributed by atoms with E-state index >= 15 is 0 Å². The van der Waals surface area contributed by atoms with Gasteiger partial charge in [-0.2, -0.15) is 18.3 Å². The Bertz CT molecular complexity index is 761. The van der Waals surface area contributed by atoms with Gasteiger partial charge in [-0.05, 0) is 13.0 Å². The summed E-state index contributed by atoms with van der Waals surface area (Å²) >= 11 is 0. The zero-order chi connectivity index (χ0) is 16.5. The molecule has 0 spiro atoms. The van der Waals surface area contributed by atoms with Gasteiger partial charge in [0.2, 0.25) is 5.91 Å². The minimum absolute atomic E-state index is 0.391. The van der Waals surface area contributed by atoms with E-state index in [-0.39, 0.29) is 0 Å². The molecule has 22 heavy (non-hydrogen) atoms. The molecule has 0 radical (unpaired) electrons. The van der Waals surface area contributed by atoms with Crippen molar-refractivity contribution in [1.29, 1.82) is 0 Å². The molecule has 118 valence electrons. The quantitative estimate of drug-likeness (QED) is 0.934. The van der Waals surface area contributed by atoms with Gasteiger partial charge >= 0.3 is 6.18 Å². The van der Waals surface area contributed by atoms with E-state index in [4.69, 9.17) is 0 Å². The maximum atomic E-state index is 12.6. The number of carbonyl (C=O) groups is 1. The number of hydrogen-bond donors (Lipinski definition) is 1. The first-order chi connectivity index (χ1) is 10.2. The van der Waals surface area contributed by atoms with E-state index in [1.54, 1.807) is 20.0 Å². The fraction of sp³-hybridized carbons (Fsp3) is 0.308. The Labute approximate surface area is 123 Å². The van der Waals surface area contributed by atoms with Gasteiger partial charge in [-0.3, -0.25) is 14.3 Å². The smallest absolute Gasteiger partial charge is 0.309 e. The number of aromatic nitrogens is 3. The summed E-state index contributed by atoms with van der Waals surface area (Å²) in [5.41, 5.74) is -1.00. The van der Waals surface area contributed by atoms with Gasteiger partial charge in [-0.15, -0.1) is 0 Å². The number of nitrogens with one attached hydrogen (secondary N) is 1. The molecule has 0 saturated carbocycles. The van der Waals surface area contributed by atoms with Crippen molar-refractivity contribution >= 4 is 11.7 Å². The minimum atomic E-state index is -4.58. The molecule has 0 fully saturated rings. The lowest BCUT2D eigenvalue weighted by atomic mass is 10.3. The third kappa shape index (κ3) is 3.54. The second-order valence-corrected chi connectivity index (χ2v) is 4.72. The number of rotatable bonds is 3. The number of hydrogen-bond acceptors (Lipinski definition) is 3. The van der Waals surface area contributed by atoms with E-state index in [1.165, 1.54) is 4.68 Å². The van der Waals surface area contributed by atoms with E-state index in [9.17, 15) is 22.8 Å². The average molecular weight is 314 g/mol. The average Bonchev–Trinajstić information content (AvgIpc) is 2.69. The van der Waals surface area contributed by atoms with Gasteiger partial charge in [0.15, 0.2) is 0 Å². The fourth-order valence-electron chi connectivity index (χ4n) is 1.89. The molecule has 0 saturated heterocycles. The van der Waals surface area contributed by atoms with Crippen molar-refractivity contribution in [3.05, 3.63) is 46.0 Å². The molecule has 9 heteroatoms. The van der Waals surface area contributed by atoms with Crippen molar-refractivity contribution in [2.24, 2.45) is 7.05 Å². The summed E-state index contributed by atoms with van der Waals surface area (Å²) in [6.07, 6.45) is -3.96. The monoisotopic (exact) mass is 314 g/mol. The summed E-state index contributed by atoms with van der Waals surface area (Å²) in [5, 5.41) is 6.51. The summed E-state index contributed by atoms with van der Waals surface area (Å²) < 4.78 is 40.0. The standard InChI is InChI=1S/C13H13F3N4O2/c1-8-5-10(19(2)18-8)17-11(21)7-20-6-9(13(14,15)16)3-4-12(20)22/h3-6H,7H2,1-2H3,(H,17,21). The number of amides is 1. The molecule has 2 aromatic heterocycles. The van der Waals surface area contributed by atoms with Crippen LogP contribution < -0.4 is 10.9 Å². The highest BCUT2D eigenvalue weighted by atomic mass is 19.4. The van der Waals surface area contributed by atoms with E-state index < -0.39 is 29.8 Å². The van der Waals surface area contributed by atoms with Crippen molar-refractivity contribution < 1.29 is 18.0 Å². The number of pyridine rings is 1. The lowest BCUT2D eigenvalue weighted by Gasteiger charge is -2.11. The van der Waals surface area contributed by atoms with Gasteiger partial charge in [0.05, 0.1) is 11.3 Å². The van der Waals surface area contributed by atoms with Crippen LogP contribution >= 0.6 is 0 Å². The molecule has 0 aliphatic rings. The van der Waals surface area contributed by atoms with Crippen LogP contribution in [0, 0.1) is 6.92 Å². The first-order valence-corrected chi connectivity index (χ1v) is 6.25. The molecule has 2 aromatic rings. The summed E-state index contributed by atoms with van der Waals surface area (Å²) in [6, 6.07) is 3.07. The van der Waals surface area contributed by atoms with Crippen LogP contribution in [0.1, 0.15) is 11.3 Å². The number of halogens is 3. The highest BCUT2D eigenvalue weighted by molar-refractivity contribution is 5.89. The third-order valence-corrected chi connectivity index (χ3v) is 2.89. The van der Waals surface area contributed by atoms with Gasteiger partial charge < -0.3 is 9.88 Å². The molecule has 1 amide bonds. The Morgan fingerprint density at radius 1 is 1.36 bits per heavy atom. The van der Waals surface area contributed by atoms with E-state index in [1.807, 2.05) is 0 Å². The summed E-state index contributed by atoms with van der Waals surface area (Å²) in [5.74, 6) is -0.230. The zero-order valence-corrected chi connectivity index (χ0v) is 11.8. The van der Waals surface area contributed by atoms with Crippen molar-refractivity contribution in [2.75, 3.05) is 5.32 Å². The molecule has 1 N–H and O–H groups in total. The Morgan fingerprint density at radius 2 is 2.05 bits per heavy atom.